The van der Waals surface area contributed by atoms with Crippen LogP contribution < -0.4 is 4.74 Å². The van der Waals surface area contributed by atoms with Gasteiger partial charge < -0.3 is 14.4 Å². The van der Waals surface area contributed by atoms with Gasteiger partial charge in [-0.1, -0.05) is 34.1 Å². The number of carbonyl (C=O) groups excluding carboxylic acids is 1. The van der Waals surface area contributed by atoms with Crippen LogP contribution in [0, 0.1) is 0 Å². The molecule has 1 unspecified atom stereocenters. The summed E-state index contributed by atoms with van der Waals surface area (Å²) in [4.78, 5) is 14.6. The van der Waals surface area contributed by atoms with E-state index in [1.165, 1.54) is 0 Å². The smallest absolute Gasteiger partial charge is 0.253 e. The third-order valence-corrected chi connectivity index (χ3v) is 4.85. The second-order valence-electron chi connectivity index (χ2n) is 6.19. The predicted octanol–water partition coefficient (Wildman–Crippen LogP) is 4.28. The number of nitrogens with zero attached hydrogens (tertiary/aromatic N) is 1. The fourth-order valence-electron chi connectivity index (χ4n) is 3.04. The van der Waals surface area contributed by atoms with Crippen molar-refractivity contribution in [3.63, 3.8) is 0 Å². The van der Waals surface area contributed by atoms with Crippen molar-refractivity contribution >= 4 is 21.8 Å². The summed E-state index contributed by atoms with van der Waals surface area (Å²) in [6, 6.07) is 15.4. The van der Waals surface area contributed by atoms with E-state index in [2.05, 4.69) is 15.9 Å². The first-order valence-electron chi connectivity index (χ1n) is 8.45. The van der Waals surface area contributed by atoms with Crippen molar-refractivity contribution in [3.05, 3.63) is 64.1 Å². The highest BCUT2D eigenvalue weighted by atomic mass is 79.9. The topological polar surface area (TPSA) is 38.8 Å². The van der Waals surface area contributed by atoms with E-state index in [9.17, 15) is 4.79 Å². The van der Waals surface area contributed by atoms with Crippen LogP contribution in [-0.4, -0.2) is 37.1 Å². The molecule has 0 radical (unpaired) electrons. The second-order valence-corrected chi connectivity index (χ2v) is 7.10. The maximum Gasteiger partial charge on any atom is 0.253 e. The maximum atomic E-state index is 12.7. The fourth-order valence-corrected chi connectivity index (χ4v) is 3.44. The highest BCUT2D eigenvalue weighted by Crippen LogP contribution is 2.20. The van der Waals surface area contributed by atoms with E-state index in [-0.39, 0.29) is 12.0 Å². The summed E-state index contributed by atoms with van der Waals surface area (Å²) < 4.78 is 12.2. The number of halogens is 1. The Morgan fingerprint density at radius 2 is 2.08 bits per heavy atom. The van der Waals surface area contributed by atoms with Crippen molar-refractivity contribution in [2.24, 2.45) is 0 Å². The van der Waals surface area contributed by atoms with Gasteiger partial charge in [0.15, 0.2) is 0 Å². The molecule has 0 aliphatic carbocycles. The third-order valence-electron chi connectivity index (χ3n) is 4.36. The van der Waals surface area contributed by atoms with Gasteiger partial charge in [0.2, 0.25) is 0 Å². The number of hydrogen-bond acceptors (Lipinski definition) is 3. The maximum absolute atomic E-state index is 12.7. The minimum atomic E-state index is 0.0657. The summed E-state index contributed by atoms with van der Waals surface area (Å²) in [5, 5.41) is 0. The summed E-state index contributed by atoms with van der Waals surface area (Å²) in [7, 11) is 1.66. The van der Waals surface area contributed by atoms with E-state index < -0.39 is 0 Å². The normalized spacial score (nSPS) is 17.4. The molecule has 2 aromatic rings. The van der Waals surface area contributed by atoms with Crippen molar-refractivity contribution in [1.82, 2.24) is 4.90 Å². The Kier molecular flexibility index (Phi) is 6.10. The Labute approximate surface area is 156 Å². The molecule has 0 spiro atoms. The van der Waals surface area contributed by atoms with E-state index in [0.29, 0.717) is 18.7 Å². The van der Waals surface area contributed by atoms with Gasteiger partial charge in [0.1, 0.15) is 5.75 Å². The monoisotopic (exact) mass is 403 g/mol. The zero-order chi connectivity index (χ0) is 17.6. The Hall–Kier alpha value is -1.85. The van der Waals surface area contributed by atoms with Gasteiger partial charge in [-0.15, -0.1) is 0 Å². The average molecular weight is 404 g/mol. The van der Waals surface area contributed by atoms with Crippen LogP contribution in [0.5, 0.6) is 5.75 Å². The molecule has 4 nitrogen and oxygen atoms in total. The van der Waals surface area contributed by atoms with Gasteiger partial charge in [0.05, 0.1) is 19.8 Å². The summed E-state index contributed by atoms with van der Waals surface area (Å²) >= 11 is 3.42. The molecule has 2 aromatic carbocycles. The molecule has 25 heavy (non-hydrogen) atoms. The molecule has 1 saturated heterocycles. The van der Waals surface area contributed by atoms with Crippen molar-refractivity contribution in [1.29, 1.82) is 0 Å². The lowest BCUT2D eigenvalue weighted by molar-refractivity contribution is -0.00677. The van der Waals surface area contributed by atoms with Crippen molar-refractivity contribution in [2.75, 3.05) is 20.2 Å². The van der Waals surface area contributed by atoms with Crippen molar-refractivity contribution in [2.45, 2.75) is 25.6 Å². The molecule has 0 saturated carbocycles. The predicted molar refractivity (Wildman–Crippen MR) is 101 cm³/mol. The van der Waals surface area contributed by atoms with Crippen molar-refractivity contribution < 1.29 is 14.3 Å². The number of methoxy groups -OCH3 is 1. The Morgan fingerprint density at radius 3 is 2.88 bits per heavy atom. The number of ether oxygens (including phenoxy) is 2. The van der Waals surface area contributed by atoms with E-state index >= 15 is 0 Å². The quantitative estimate of drug-likeness (QED) is 0.747. The minimum absolute atomic E-state index is 0.0657. The zero-order valence-electron chi connectivity index (χ0n) is 14.3. The van der Waals surface area contributed by atoms with Crippen LogP contribution in [0.25, 0.3) is 0 Å². The van der Waals surface area contributed by atoms with Gasteiger partial charge in [-0.2, -0.15) is 0 Å². The average Bonchev–Trinajstić information content (AvgIpc) is 2.66. The third kappa shape index (κ3) is 4.83. The molecule has 1 amide bonds. The van der Waals surface area contributed by atoms with Gasteiger partial charge in [0, 0.05) is 23.1 Å². The van der Waals surface area contributed by atoms with Gasteiger partial charge >= 0.3 is 0 Å². The number of carbonyl (C=O) groups is 1. The van der Waals surface area contributed by atoms with Crippen molar-refractivity contribution in [3.8, 4) is 5.75 Å². The molecular weight excluding hydrogens is 382 g/mol. The lowest BCUT2D eigenvalue weighted by Crippen LogP contribution is -2.43. The Bertz CT molecular complexity index is 734. The molecule has 1 atom stereocenters. The molecule has 1 aliphatic heterocycles. The highest BCUT2D eigenvalue weighted by Gasteiger charge is 2.25. The minimum Gasteiger partial charge on any atom is -0.497 e. The Morgan fingerprint density at radius 1 is 1.24 bits per heavy atom. The van der Waals surface area contributed by atoms with Crippen LogP contribution in [0.3, 0.4) is 0 Å². The summed E-state index contributed by atoms with van der Waals surface area (Å²) in [5.74, 6) is 0.896. The largest absolute Gasteiger partial charge is 0.497 e. The van der Waals surface area contributed by atoms with E-state index in [0.717, 1.165) is 35.2 Å². The van der Waals surface area contributed by atoms with Gasteiger partial charge in [-0.25, -0.2) is 0 Å². The van der Waals surface area contributed by atoms with E-state index in [1.807, 2.05) is 53.4 Å². The first-order valence-corrected chi connectivity index (χ1v) is 9.24. The van der Waals surface area contributed by atoms with Crippen LogP contribution in [-0.2, 0) is 11.3 Å². The molecular formula is C20H22BrNO3. The molecule has 0 N–H and O–H groups in total. The number of amides is 1. The number of rotatable bonds is 5. The SMILES string of the molecule is COc1cccc(COC2CCCN(C(=O)c3cccc(Br)c3)C2)c1. The summed E-state index contributed by atoms with van der Waals surface area (Å²) in [6.07, 6.45) is 2.01. The van der Waals surface area contributed by atoms with Crippen LogP contribution in [0.4, 0.5) is 0 Å². The summed E-state index contributed by atoms with van der Waals surface area (Å²) in [5.41, 5.74) is 1.79. The molecule has 1 fully saturated rings. The number of benzene rings is 2. The van der Waals surface area contributed by atoms with Crippen LogP contribution >= 0.6 is 15.9 Å². The molecule has 1 heterocycles. The molecule has 5 heteroatoms. The fraction of sp³-hybridized carbons (Fsp3) is 0.350. The molecule has 0 aromatic heterocycles. The standard InChI is InChI=1S/C20H22BrNO3/c1-24-18-8-2-5-15(11-18)14-25-19-9-4-10-22(13-19)20(23)16-6-3-7-17(21)12-16/h2-3,5-8,11-12,19H,4,9-10,13-14H2,1H3. The molecule has 3 rings (SSSR count). The second kappa shape index (κ2) is 8.50. The molecule has 132 valence electrons. The highest BCUT2D eigenvalue weighted by molar-refractivity contribution is 9.10. The first kappa shape index (κ1) is 18.0. The van der Waals surface area contributed by atoms with Gasteiger partial charge in [0.25, 0.3) is 5.91 Å². The lowest BCUT2D eigenvalue weighted by Gasteiger charge is -2.32. The van der Waals surface area contributed by atoms with Crippen LogP contribution in [0.2, 0.25) is 0 Å². The number of likely N-dealkylation sites (tertiary alicyclic amines) is 1. The Balaban J connectivity index is 1.58. The summed E-state index contributed by atoms with van der Waals surface area (Å²) in [6.45, 7) is 1.94. The molecule has 1 aliphatic rings. The number of piperidine rings is 1. The number of hydrogen-bond donors (Lipinski definition) is 0. The lowest BCUT2D eigenvalue weighted by atomic mass is 10.1. The van der Waals surface area contributed by atoms with E-state index in [4.69, 9.17) is 9.47 Å². The molecule has 0 bridgehead atoms. The van der Waals surface area contributed by atoms with E-state index in [1.54, 1.807) is 7.11 Å². The van der Waals surface area contributed by atoms with Crippen LogP contribution in [0.15, 0.2) is 53.0 Å². The van der Waals surface area contributed by atoms with Gasteiger partial charge in [-0.05, 0) is 48.7 Å². The van der Waals surface area contributed by atoms with Crippen LogP contribution in [0.1, 0.15) is 28.8 Å². The zero-order valence-corrected chi connectivity index (χ0v) is 15.9. The van der Waals surface area contributed by atoms with Gasteiger partial charge in [-0.3, -0.25) is 4.79 Å². The first-order chi connectivity index (χ1) is 12.2.